The summed E-state index contributed by atoms with van der Waals surface area (Å²) in [4.78, 5) is 17.4. The molecule has 0 aromatic rings. The Morgan fingerprint density at radius 2 is 1.65 bits per heavy atom. The van der Waals surface area contributed by atoms with Gasteiger partial charge in [0.1, 0.15) is 24.4 Å². The number of nitrogens with zero attached hydrogens (tertiary/aromatic N) is 1. The van der Waals surface area contributed by atoms with Crippen molar-refractivity contribution >= 4 is 11.7 Å². The molecule has 4 rings (SSSR count). The van der Waals surface area contributed by atoms with E-state index in [1.807, 2.05) is 27.7 Å². The molecule has 0 amide bonds. The Morgan fingerprint density at radius 3 is 2.35 bits per heavy atom. The number of ether oxygens (including phenoxy) is 6. The highest BCUT2D eigenvalue weighted by Crippen LogP contribution is 2.45. The van der Waals surface area contributed by atoms with Crippen LogP contribution in [0.25, 0.3) is 0 Å². The van der Waals surface area contributed by atoms with Gasteiger partial charge in [0.25, 0.3) is 0 Å². The zero-order valence-corrected chi connectivity index (χ0v) is 15.6. The van der Waals surface area contributed by atoms with Gasteiger partial charge < -0.3 is 33.3 Å². The number of hydrogen-bond donors (Lipinski definition) is 0. The van der Waals surface area contributed by atoms with Crippen molar-refractivity contribution in [2.24, 2.45) is 5.16 Å². The van der Waals surface area contributed by atoms with Gasteiger partial charge in [-0.1, -0.05) is 5.16 Å². The van der Waals surface area contributed by atoms with Crippen molar-refractivity contribution in [2.45, 2.75) is 89.4 Å². The van der Waals surface area contributed by atoms with Crippen LogP contribution >= 0.6 is 0 Å². The molecule has 0 radical (unpaired) electrons. The third kappa shape index (κ3) is 3.11. The summed E-state index contributed by atoms with van der Waals surface area (Å²) >= 11 is 0. The van der Waals surface area contributed by atoms with Crippen molar-refractivity contribution in [1.29, 1.82) is 0 Å². The summed E-state index contributed by atoms with van der Waals surface area (Å²) in [5, 5.41) is 3.87. The molecule has 9 heteroatoms. The van der Waals surface area contributed by atoms with Crippen molar-refractivity contribution < 1.29 is 38.1 Å². The first kappa shape index (κ1) is 18.1. The van der Waals surface area contributed by atoms with Gasteiger partial charge in [-0.05, 0) is 34.6 Å². The molecule has 6 atom stereocenters. The van der Waals surface area contributed by atoms with Crippen LogP contribution in [0.2, 0.25) is 0 Å². The maximum absolute atomic E-state index is 11.9. The van der Waals surface area contributed by atoms with Crippen LogP contribution in [0.15, 0.2) is 5.16 Å². The molecule has 0 saturated carbocycles. The molecule has 0 aromatic heterocycles. The van der Waals surface area contributed by atoms with Crippen LogP contribution in [0, 0.1) is 0 Å². The first-order chi connectivity index (χ1) is 12.2. The number of oxime groups is 1. The monoisotopic (exact) mass is 371 g/mol. The number of hydrogen-bond acceptors (Lipinski definition) is 9. The van der Waals surface area contributed by atoms with Crippen LogP contribution in [-0.4, -0.2) is 66.7 Å². The van der Waals surface area contributed by atoms with Gasteiger partial charge in [0.05, 0.1) is 6.61 Å². The molecule has 0 aromatic carbocycles. The van der Waals surface area contributed by atoms with E-state index < -0.39 is 48.2 Å². The first-order valence-electron chi connectivity index (χ1n) is 8.96. The maximum atomic E-state index is 11.9. The van der Waals surface area contributed by atoms with Crippen molar-refractivity contribution in [2.75, 3.05) is 6.61 Å². The highest BCUT2D eigenvalue weighted by Gasteiger charge is 2.62. The van der Waals surface area contributed by atoms with E-state index in [-0.39, 0.29) is 24.8 Å². The quantitative estimate of drug-likeness (QED) is 0.681. The van der Waals surface area contributed by atoms with Gasteiger partial charge in [-0.15, -0.1) is 0 Å². The molecule has 9 nitrogen and oxygen atoms in total. The van der Waals surface area contributed by atoms with E-state index >= 15 is 0 Å². The van der Waals surface area contributed by atoms with Crippen molar-refractivity contribution in [1.82, 2.24) is 0 Å². The van der Waals surface area contributed by atoms with Gasteiger partial charge in [0, 0.05) is 6.42 Å². The molecule has 0 N–H and O–H groups in total. The lowest BCUT2D eigenvalue weighted by atomic mass is 9.93. The molecule has 0 unspecified atom stereocenters. The lowest BCUT2D eigenvalue weighted by molar-refractivity contribution is -0.254. The van der Waals surface area contributed by atoms with E-state index in [0.29, 0.717) is 0 Å². The second kappa shape index (κ2) is 6.13. The Balaban J connectivity index is 1.53. The average Bonchev–Trinajstić information content (AvgIpc) is 3.20. The number of carbonyl (C=O) groups excluding carboxylic acids is 1. The third-order valence-electron chi connectivity index (χ3n) is 4.76. The number of fused-ring (bicyclic) bond motifs is 3. The fourth-order valence-corrected chi connectivity index (χ4v) is 3.85. The molecular weight excluding hydrogens is 346 g/mol. The molecule has 0 spiro atoms. The Labute approximate surface area is 151 Å². The lowest BCUT2D eigenvalue weighted by Gasteiger charge is -2.38. The van der Waals surface area contributed by atoms with Crippen molar-refractivity contribution in [3.05, 3.63) is 0 Å². The molecule has 26 heavy (non-hydrogen) atoms. The summed E-state index contributed by atoms with van der Waals surface area (Å²) < 4.78 is 35.1. The standard InChI is InChI=1S/C17H25NO8/c1-6-20-14(19)8-7-9(26-18-8)10-11-12(23-16(2,3)22-11)13-15(21-10)25-17(4,5)24-13/h9-13,15H,6-7H2,1-5H3/t9-,10-,11+,12+,13-,15-/m1/s1. The molecule has 4 aliphatic heterocycles. The fourth-order valence-electron chi connectivity index (χ4n) is 3.85. The predicted octanol–water partition coefficient (Wildman–Crippen LogP) is 1.09. The van der Waals surface area contributed by atoms with Crippen LogP contribution < -0.4 is 0 Å². The zero-order chi connectivity index (χ0) is 18.7. The van der Waals surface area contributed by atoms with Gasteiger partial charge in [0.15, 0.2) is 29.7 Å². The van der Waals surface area contributed by atoms with E-state index in [0.717, 1.165) is 0 Å². The van der Waals surface area contributed by atoms with Crippen LogP contribution in [0.3, 0.4) is 0 Å². The van der Waals surface area contributed by atoms with E-state index in [9.17, 15) is 4.79 Å². The van der Waals surface area contributed by atoms with Crippen LogP contribution in [0.1, 0.15) is 41.0 Å². The molecule has 3 fully saturated rings. The summed E-state index contributed by atoms with van der Waals surface area (Å²) in [6.45, 7) is 9.36. The normalized spacial score (nSPS) is 42.6. The Bertz CT molecular complexity index is 618. The maximum Gasteiger partial charge on any atom is 0.356 e. The summed E-state index contributed by atoms with van der Waals surface area (Å²) in [6.07, 6.45) is -2.54. The molecular formula is C17H25NO8. The van der Waals surface area contributed by atoms with E-state index in [1.54, 1.807) is 6.92 Å². The van der Waals surface area contributed by atoms with Crippen molar-refractivity contribution in [3.63, 3.8) is 0 Å². The van der Waals surface area contributed by atoms with Gasteiger partial charge in [-0.25, -0.2) is 4.79 Å². The molecule has 4 aliphatic rings. The minimum Gasteiger partial charge on any atom is -0.461 e. The molecule has 0 bridgehead atoms. The predicted molar refractivity (Wildman–Crippen MR) is 86.1 cm³/mol. The fraction of sp³-hybridized carbons (Fsp3) is 0.882. The van der Waals surface area contributed by atoms with Crippen LogP contribution in [-0.2, 0) is 38.1 Å². The Kier molecular flexibility index (Phi) is 4.27. The van der Waals surface area contributed by atoms with Gasteiger partial charge in [-0.2, -0.15) is 0 Å². The summed E-state index contributed by atoms with van der Waals surface area (Å²) in [5.74, 6) is -2.05. The summed E-state index contributed by atoms with van der Waals surface area (Å²) in [5.41, 5.74) is 0.237. The lowest BCUT2D eigenvalue weighted by Crippen LogP contribution is -2.58. The van der Waals surface area contributed by atoms with Gasteiger partial charge in [-0.3, -0.25) is 0 Å². The van der Waals surface area contributed by atoms with E-state index in [4.69, 9.17) is 33.3 Å². The first-order valence-corrected chi connectivity index (χ1v) is 8.96. The summed E-state index contributed by atoms with van der Waals surface area (Å²) in [7, 11) is 0. The largest absolute Gasteiger partial charge is 0.461 e. The zero-order valence-electron chi connectivity index (χ0n) is 15.6. The van der Waals surface area contributed by atoms with Crippen molar-refractivity contribution in [3.8, 4) is 0 Å². The second-order valence-corrected chi connectivity index (χ2v) is 7.74. The minimum absolute atomic E-state index is 0.237. The molecule has 3 saturated heterocycles. The minimum atomic E-state index is -0.786. The highest BCUT2D eigenvalue weighted by molar-refractivity contribution is 6.36. The molecule has 4 heterocycles. The van der Waals surface area contributed by atoms with Crippen LogP contribution in [0.4, 0.5) is 0 Å². The average molecular weight is 371 g/mol. The Morgan fingerprint density at radius 1 is 1.04 bits per heavy atom. The molecule has 146 valence electrons. The Hall–Kier alpha value is -1.26. The summed E-state index contributed by atoms with van der Waals surface area (Å²) in [6, 6.07) is 0. The second-order valence-electron chi connectivity index (χ2n) is 7.74. The SMILES string of the molecule is CCOC(=O)C1=NO[C@@H]([C@H]2O[C@@H]3OC(C)(C)O[C@@H]3[C@H]3OC(C)(C)O[C@H]32)C1. The molecule has 0 aliphatic carbocycles. The number of rotatable bonds is 3. The third-order valence-corrected chi connectivity index (χ3v) is 4.76. The van der Waals surface area contributed by atoms with E-state index in [2.05, 4.69) is 5.16 Å². The van der Waals surface area contributed by atoms with Crippen LogP contribution in [0.5, 0.6) is 0 Å². The smallest absolute Gasteiger partial charge is 0.356 e. The number of esters is 1. The van der Waals surface area contributed by atoms with Gasteiger partial charge in [0.2, 0.25) is 0 Å². The number of carbonyl (C=O) groups is 1. The van der Waals surface area contributed by atoms with Gasteiger partial charge >= 0.3 is 5.97 Å². The van der Waals surface area contributed by atoms with E-state index in [1.165, 1.54) is 0 Å². The topological polar surface area (TPSA) is 94.0 Å². The highest BCUT2D eigenvalue weighted by atomic mass is 16.9.